The van der Waals surface area contributed by atoms with Crippen molar-refractivity contribution in [3.8, 4) is 0 Å². The van der Waals surface area contributed by atoms with E-state index in [0.29, 0.717) is 11.8 Å². The minimum absolute atomic E-state index is 0.0659. The second-order valence-electron chi connectivity index (χ2n) is 15.0. The van der Waals surface area contributed by atoms with E-state index in [-0.39, 0.29) is 10.8 Å². The van der Waals surface area contributed by atoms with Crippen LogP contribution < -0.4 is 10.2 Å². The van der Waals surface area contributed by atoms with Crippen LogP contribution in [0.1, 0.15) is 85.8 Å². The van der Waals surface area contributed by atoms with Gasteiger partial charge in [0.25, 0.3) is 0 Å². The van der Waals surface area contributed by atoms with Crippen LogP contribution in [0.5, 0.6) is 0 Å². The molecule has 0 bridgehead atoms. The van der Waals surface area contributed by atoms with Crippen LogP contribution in [-0.4, -0.2) is 6.54 Å². The van der Waals surface area contributed by atoms with Crippen molar-refractivity contribution in [1.82, 2.24) is 0 Å². The van der Waals surface area contributed by atoms with Gasteiger partial charge in [0.15, 0.2) is 0 Å². The summed E-state index contributed by atoms with van der Waals surface area (Å²) in [6.45, 7) is 19.8. The maximum Gasteiger partial charge on any atom is 0.0457 e. The minimum atomic E-state index is -0.0778. The molecule has 1 aliphatic heterocycles. The van der Waals surface area contributed by atoms with Crippen LogP contribution in [0.25, 0.3) is 21.5 Å². The monoisotopic (exact) mass is 610 g/mol. The lowest BCUT2D eigenvalue weighted by atomic mass is 9.76. The SMILES string of the molecule is CC(C)CCN1/C(=C/C=C/C=C/C=C/Nc2ccc3ccccc3c2C(C)(C)CCC(C)C)C(C)(C)c2c1ccc1ccccc21. The maximum absolute atomic E-state index is 3.62. The zero-order valence-electron chi connectivity index (χ0n) is 29.4. The molecule has 1 N–H and O–H groups in total. The fourth-order valence-corrected chi connectivity index (χ4v) is 7.09. The zero-order valence-corrected chi connectivity index (χ0v) is 29.4. The minimum Gasteiger partial charge on any atom is -0.361 e. The lowest BCUT2D eigenvalue weighted by Gasteiger charge is -2.30. The molecule has 5 rings (SSSR count). The van der Waals surface area contributed by atoms with Crippen molar-refractivity contribution in [3.05, 3.63) is 132 Å². The van der Waals surface area contributed by atoms with E-state index in [0.717, 1.165) is 19.4 Å². The van der Waals surface area contributed by atoms with Crippen molar-refractivity contribution in [2.24, 2.45) is 11.8 Å². The number of nitrogens with one attached hydrogen (secondary N) is 1. The van der Waals surface area contributed by atoms with Gasteiger partial charge in [0.1, 0.15) is 0 Å². The fraction of sp³-hybridized carbons (Fsp3) is 0.364. The Bertz CT molecular complexity index is 1780. The quantitative estimate of drug-likeness (QED) is 0.161. The average Bonchev–Trinajstić information content (AvgIpc) is 3.25. The number of anilines is 2. The number of hydrogen-bond acceptors (Lipinski definition) is 2. The maximum atomic E-state index is 3.62. The van der Waals surface area contributed by atoms with E-state index in [9.17, 15) is 0 Å². The highest BCUT2D eigenvalue weighted by Gasteiger charge is 2.40. The summed E-state index contributed by atoms with van der Waals surface area (Å²) < 4.78 is 0. The van der Waals surface area contributed by atoms with Gasteiger partial charge in [0, 0.05) is 35.2 Å². The van der Waals surface area contributed by atoms with E-state index < -0.39 is 0 Å². The third-order valence-corrected chi connectivity index (χ3v) is 9.67. The topological polar surface area (TPSA) is 15.3 Å². The van der Waals surface area contributed by atoms with Gasteiger partial charge in [-0.15, -0.1) is 0 Å². The number of allylic oxidation sites excluding steroid dienone is 7. The van der Waals surface area contributed by atoms with Crippen LogP contribution in [0.15, 0.2) is 121 Å². The highest BCUT2D eigenvalue weighted by Crippen LogP contribution is 2.51. The Balaban J connectivity index is 1.33. The Morgan fingerprint density at radius 2 is 1.33 bits per heavy atom. The highest BCUT2D eigenvalue weighted by molar-refractivity contribution is 5.95. The summed E-state index contributed by atoms with van der Waals surface area (Å²) in [7, 11) is 0. The molecule has 0 aliphatic carbocycles. The molecule has 240 valence electrons. The molecule has 0 spiro atoms. The van der Waals surface area contributed by atoms with Crippen molar-refractivity contribution in [3.63, 3.8) is 0 Å². The van der Waals surface area contributed by atoms with Crippen LogP contribution in [-0.2, 0) is 10.8 Å². The van der Waals surface area contributed by atoms with Crippen LogP contribution in [0.3, 0.4) is 0 Å². The second kappa shape index (κ2) is 14.2. The van der Waals surface area contributed by atoms with Crippen molar-refractivity contribution < 1.29 is 0 Å². The first-order valence-corrected chi connectivity index (χ1v) is 17.3. The van der Waals surface area contributed by atoms with Crippen molar-refractivity contribution in [1.29, 1.82) is 0 Å². The molecule has 0 atom stereocenters. The smallest absolute Gasteiger partial charge is 0.0457 e. The van der Waals surface area contributed by atoms with E-state index in [1.54, 1.807) is 0 Å². The van der Waals surface area contributed by atoms with Crippen LogP contribution in [0.4, 0.5) is 11.4 Å². The number of rotatable bonds is 12. The van der Waals surface area contributed by atoms with E-state index in [1.165, 1.54) is 56.2 Å². The Morgan fingerprint density at radius 1 is 0.717 bits per heavy atom. The predicted octanol–water partition coefficient (Wildman–Crippen LogP) is 12.5. The van der Waals surface area contributed by atoms with Gasteiger partial charge in [0.05, 0.1) is 0 Å². The van der Waals surface area contributed by atoms with Gasteiger partial charge in [-0.05, 0) is 87.0 Å². The summed E-state index contributed by atoms with van der Waals surface area (Å²) >= 11 is 0. The molecule has 2 heteroatoms. The van der Waals surface area contributed by atoms with E-state index >= 15 is 0 Å². The highest BCUT2D eigenvalue weighted by atomic mass is 15.2. The van der Waals surface area contributed by atoms with Crippen molar-refractivity contribution >= 4 is 32.9 Å². The molecule has 46 heavy (non-hydrogen) atoms. The molecule has 0 radical (unpaired) electrons. The molecule has 1 aliphatic rings. The van der Waals surface area contributed by atoms with E-state index in [2.05, 4.69) is 181 Å². The average molecular weight is 611 g/mol. The molecular formula is C44H54N2. The predicted molar refractivity (Wildman–Crippen MR) is 204 cm³/mol. The van der Waals surface area contributed by atoms with Crippen molar-refractivity contribution in [2.45, 2.75) is 85.5 Å². The normalized spacial score (nSPS) is 16.0. The summed E-state index contributed by atoms with van der Waals surface area (Å²) in [4.78, 5) is 2.56. The summed E-state index contributed by atoms with van der Waals surface area (Å²) in [5.41, 5.74) is 6.75. The van der Waals surface area contributed by atoms with Gasteiger partial charge >= 0.3 is 0 Å². The molecule has 0 saturated carbocycles. The molecule has 0 unspecified atom stereocenters. The largest absolute Gasteiger partial charge is 0.361 e. The third kappa shape index (κ3) is 7.17. The Kier molecular flexibility index (Phi) is 10.3. The Labute approximate surface area is 278 Å². The van der Waals surface area contributed by atoms with Gasteiger partial charge in [-0.2, -0.15) is 0 Å². The molecule has 0 saturated heterocycles. The summed E-state index contributed by atoms with van der Waals surface area (Å²) in [6.07, 6.45) is 18.6. The summed E-state index contributed by atoms with van der Waals surface area (Å²) in [6, 6.07) is 26.7. The molecule has 0 aromatic heterocycles. The zero-order chi connectivity index (χ0) is 32.9. The molecule has 2 nitrogen and oxygen atoms in total. The molecule has 0 fully saturated rings. The van der Waals surface area contributed by atoms with Gasteiger partial charge in [-0.25, -0.2) is 0 Å². The first-order chi connectivity index (χ1) is 22.0. The van der Waals surface area contributed by atoms with Gasteiger partial charge in [0.2, 0.25) is 0 Å². The first-order valence-electron chi connectivity index (χ1n) is 17.3. The molecule has 4 aromatic carbocycles. The van der Waals surface area contributed by atoms with Gasteiger partial charge < -0.3 is 10.2 Å². The van der Waals surface area contributed by atoms with Gasteiger partial charge in [-0.1, -0.05) is 147 Å². The summed E-state index contributed by atoms with van der Waals surface area (Å²) in [5, 5.41) is 8.94. The molecule has 1 heterocycles. The summed E-state index contributed by atoms with van der Waals surface area (Å²) in [5.74, 6) is 1.35. The first kappa shape index (κ1) is 33.3. The molecule has 4 aromatic rings. The third-order valence-electron chi connectivity index (χ3n) is 9.67. The fourth-order valence-electron chi connectivity index (χ4n) is 7.09. The van der Waals surface area contributed by atoms with Gasteiger partial charge in [-0.3, -0.25) is 0 Å². The number of fused-ring (bicyclic) bond motifs is 4. The van der Waals surface area contributed by atoms with Crippen LogP contribution in [0, 0.1) is 11.8 Å². The molecular weight excluding hydrogens is 556 g/mol. The second-order valence-corrected chi connectivity index (χ2v) is 15.0. The Hall–Kier alpha value is -4.04. The number of hydrogen-bond donors (Lipinski definition) is 1. The number of benzene rings is 4. The van der Waals surface area contributed by atoms with E-state index in [4.69, 9.17) is 0 Å². The van der Waals surface area contributed by atoms with Crippen LogP contribution in [0.2, 0.25) is 0 Å². The molecule has 0 amide bonds. The lowest BCUT2D eigenvalue weighted by molar-refractivity contribution is 0.418. The standard InChI is InChI=1S/C44H54N2/c1-32(2)27-29-43(5,6)41-36-20-15-13-18-34(36)23-25-38(41)45-30-17-11-9-10-12-22-40-44(7,8)42-37-21-16-14-19-35(37)24-26-39(42)46(40)31-28-33(3)4/h9-26,30,32-33,45H,27-29,31H2,1-8H3/b11-9+,12-10+,30-17+,40-22+. The number of nitrogens with zero attached hydrogens (tertiary/aromatic N) is 1. The van der Waals surface area contributed by atoms with E-state index in [1.807, 2.05) is 0 Å². The van der Waals surface area contributed by atoms with Crippen LogP contribution >= 0.6 is 0 Å². The van der Waals surface area contributed by atoms with Crippen molar-refractivity contribution in [2.75, 3.05) is 16.8 Å². The lowest BCUT2D eigenvalue weighted by Crippen LogP contribution is -2.27. The Morgan fingerprint density at radius 3 is 2.04 bits per heavy atom.